The van der Waals surface area contributed by atoms with Gasteiger partial charge in [0.1, 0.15) is 5.75 Å². The SMILES string of the molecule is COc1ccccc1SCC(C)CNC(=O)N1CC(C)CC(C(=O)O)C1. The number of carbonyl (C=O) groups is 2. The smallest absolute Gasteiger partial charge is 0.317 e. The van der Waals surface area contributed by atoms with Crippen LogP contribution in [0.3, 0.4) is 0 Å². The molecule has 0 radical (unpaired) electrons. The van der Waals surface area contributed by atoms with Crippen molar-refractivity contribution in [1.29, 1.82) is 0 Å². The fraction of sp³-hybridized carbons (Fsp3) is 0.579. The number of aliphatic carboxylic acids is 1. The predicted octanol–water partition coefficient (Wildman–Crippen LogP) is 3.18. The van der Waals surface area contributed by atoms with Crippen LogP contribution in [0.2, 0.25) is 0 Å². The Bertz CT molecular complexity index is 625. The molecule has 1 saturated heterocycles. The van der Waals surface area contributed by atoms with Crippen molar-refractivity contribution in [2.45, 2.75) is 25.2 Å². The minimum atomic E-state index is -0.823. The number of methoxy groups -OCH3 is 1. The molecule has 1 aliphatic rings. The molecule has 0 aromatic heterocycles. The van der Waals surface area contributed by atoms with Gasteiger partial charge in [-0.15, -0.1) is 11.8 Å². The molecule has 3 unspecified atom stereocenters. The van der Waals surface area contributed by atoms with E-state index < -0.39 is 11.9 Å². The van der Waals surface area contributed by atoms with Gasteiger partial charge in [0.05, 0.1) is 13.0 Å². The third-order valence-corrected chi connectivity index (χ3v) is 5.87. The maximum atomic E-state index is 12.4. The lowest BCUT2D eigenvalue weighted by molar-refractivity contribution is -0.143. The molecule has 2 N–H and O–H groups in total. The Morgan fingerprint density at radius 2 is 2.12 bits per heavy atom. The third kappa shape index (κ3) is 5.83. The number of rotatable bonds is 7. The molecule has 0 spiro atoms. The minimum Gasteiger partial charge on any atom is -0.496 e. The molecule has 1 aromatic carbocycles. The maximum absolute atomic E-state index is 12.4. The highest BCUT2D eigenvalue weighted by atomic mass is 32.2. The second-order valence-corrected chi connectivity index (χ2v) is 8.10. The number of piperidine rings is 1. The number of hydrogen-bond donors (Lipinski definition) is 2. The number of para-hydroxylation sites is 1. The minimum absolute atomic E-state index is 0.169. The van der Waals surface area contributed by atoms with Crippen molar-refractivity contribution >= 4 is 23.8 Å². The van der Waals surface area contributed by atoms with Gasteiger partial charge in [-0.3, -0.25) is 4.79 Å². The molecule has 26 heavy (non-hydrogen) atoms. The van der Waals surface area contributed by atoms with Gasteiger partial charge in [0.25, 0.3) is 0 Å². The van der Waals surface area contributed by atoms with Crippen LogP contribution in [0.1, 0.15) is 20.3 Å². The van der Waals surface area contributed by atoms with Crippen molar-refractivity contribution in [2.24, 2.45) is 17.8 Å². The van der Waals surface area contributed by atoms with Crippen molar-refractivity contribution in [1.82, 2.24) is 10.2 Å². The van der Waals surface area contributed by atoms with Gasteiger partial charge in [0, 0.05) is 30.3 Å². The second kappa shape index (κ2) is 9.71. The normalized spacial score (nSPS) is 21.1. The van der Waals surface area contributed by atoms with Gasteiger partial charge in [-0.25, -0.2) is 4.79 Å². The van der Waals surface area contributed by atoms with Crippen LogP contribution >= 0.6 is 11.8 Å². The molecule has 0 saturated carbocycles. The topological polar surface area (TPSA) is 78.9 Å². The Morgan fingerprint density at radius 1 is 1.38 bits per heavy atom. The Labute approximate surface area is 159 Å². The van der Waals surface area contributed by atoms with Gasteiger partial charge in [0.15, 0.2) is 0 Å². The first-order chi connectivity index (χ1) is 12.4. The number of hydrogen-bond acceptors (Lipinski definition) is 4. The molecule has 1 heterocycles. The summed E-state index contributed by atoms with van der Waals surface area (Å²) in [4.78, 5) is 26.3. The van der Waals surface area contributed by atoms with E-state index in [0.29, 0.717) is 19.5 Å². The molecule has 2 amide bonds. The van der Waals surface area contributed by atoms with E-state index in [1.54, 1.807) is 23.8 Å². The van der Waals surface area contributed by atoms with Crippen LogP contribution in [0.15, 0.2) is 29.2 Å². The zero-order valence-corrected chi connectivity index (χ0v) is 16.4. The monoisotopic (exact) mass is 380 g/mol. The predicted molar refractivity (Wildman–Crippen MR) is 103 cm³/mol. The van der Waals surface area contributed by atoms with E-state index in [2.05, 4.69) is 12.2 Å². The summed E-state index contributed by atoms with van der Waals surface area (Å²) in [6, 6.07) is 7.71. The molecule has 3 atom stereocenters. The average molecular weight is 381 g/mol. The summed E-state index contributed by atoms with van der Waals surface area (Å²) in [5.74, 6) is 0.907. The zero-order chi connectivity index (χ0) is 19.1. The van der Waals surface area contributed by atoms with Gasteiger partial charge in [-0.2, -0.15) is 0 Å². The van der Waals surface area contributed by atoms with E-state index >= 15 is 0 Å². The molecule has 144 valence electrons. The van der Waals surface area contributed by atoms with Crippen LogP contribution < -0.4 is 10.1 Å². The lowest BCUT2D eigenvalue weighted by Gasteiger charge is -2.34. The van der Waals surface area contributed by atoms with Crippen molar-refractivity contribution < 1.29 is 19.4 Å². The van der Waals surface area contributed by atoms with Crippen LogP contribution in [0.25, 0.3) is 0 Å². The fourth-order valence-electron chi connectivity index (χ4n) is 3.10. The van der Waals surface area contributed by atoms with Crippen molar-refractivity contribution in [2.75, 3.05) is 32.5 Å². The highest BCUT2D eigenvalue weighted by Crippen LogP contribution is 2.30. The van der Waals surface area contributed by atoms with Gasteiger partial charge >= 0.3 is 12.0 Å². The first kappa shape index (κ1) is 20.4. The summed E-state index contributed by atoms with van der Waals surface area (Å²) < 4.78 is 5.35. The van der Waals surface area contributed by atoms with E-state index in [0.717, 1.165) is 16.4 Å². The molecule has 1 aliphatic heterocycles. The standard InChI is InChI=1S/C19H28N2O4S/c1-13-8-15(18(22)23)11-21(10-13)19(24)20-9-14(2)12-26-17-7-5-4-6-16(17)25-3/h4-7,13-15H,8-12H2,1-3H3,(H,20,24)(H,22,23). The van der Waals surface area contributed by atoms with Gasteiger partial charge in [0.2, 0.25) is 0 Å². The summed E-state index contributed by atoms with van der Waals surface area (Å²) in [5.41, 5.74) is 0. The summed E-state index contributed by atoms with van der Waals surface area (Å²) in [6.07, 6.45) is 0.630. The number of carboxylic acids is 1. The Morgan fingerprint density at radius 3 is 2.81 bits per heavy atom. The van der Waals surface area contributed by atoms with Crippen LogP contribution in [-0.4, -0.2) is 54.5 Å². The van der Waals surface area contributed by atoms with Crippen molar-refractivity contribution in [3.63, 3.8) is 0 Å². The van der Waals surface area contributed by atoms with Gasteiger partial charge < -0.3 is 20.1 Å². The highest BCUT2D eigenvalue weighted by Gasteiger charge is 2.31. The molecular weight excluding hydrogens is 352 g/mol. The number of benzene rings is 1. The number of likely N-dealkylation sites (tertiary alicyclic amines) is 1. The Hall–Kier alpha value is -1.89. The number of carbonyl (C=O) groups excluding carboxylic acids is 1. The number of carboxylic acid groups (broad SMARTS) is 1. The fourth-order valence-corrected chi connectivity index (χ4v) is 4.15. The maximum Gasteiger partial charge on any atom is 0.317 e. The van der Waals surface area contributed by atoms with E-state index in [1.165, 1.54) is 0 Å². The van der Waals surface area contributed by atoms with E-state index in [1.807, 2.05) is 31.2 Å². The lowest BCUT2D eigenvalue weighted by Crippen LogP contribution is -2.50. The first-order valence-corrected chi connectivity index (χ1v) is 9.90. The van der Waals surface area contributed by atoms with E-state index in [4.69, 9.17) is 4.74 Å². The number of ether oxygens (including phenoxy) is 1. The lowest BCUT2D eigenvalue weighted by atomic mass is 9.91. The molecule has 0 aliphatic carbocycles. The van der Waals surface area contributed by atoms with Gasteiger partial charge in [-0.1, -0.05) is 26.0 Å². The average Bonchev–Trinajstić information content (AvgIpc) is 2.63. The van der Waals surface area contributed by atoms with Crippen LogP contribution in [0, 0.1) is 17.8 Å². The second-order valence-electron chi connectivity index (χ2n) is 7.03. The molecule has 1 fully saturated rings. The first-order valence-electron chi connectivity index (χ1n) is 8.92. The Balaban J connectivity index is 1.78. The number of thioether (sulfide) groups is 1. The van der Waals surface area contributed by atoms with E-state index in [9.17, 15) is 14.7 Å². The molecule has 7 heteroatoms. The summed E-state index contributed by atoms with van der Waals surface area (Å²) >= 11 is 1.70. The molecule has 2 rings (SSSR count). The number of nitrogens with zero attached hydrogens (tertiary/aromatic N) is 1. The van der Waals surface area contributed by atoms with Crippen LogP contribution in [-0.2, 0) is 4.79 Å². The van der Waals surface area contributed by atoms with Crippen molar-refractivity contribution in [3.05, 3.63) is 24.3 Å². The zero-order valence-electron chi connectivity index (χ0n) is 15.6. The number of nitrogens with one attached hydrogen (secondary N) is 1. The molecule has 0 bridgehead atoms. The van der Waals surface area contributed by atoms with Crippen molar-refractivity contribution in [3.8, 4) is 5.75 Å². The molecule has 1 aromatic rings. The number of urea groups is 1. The highest BCUT2D eigenvalue weighted by molar-refractivity contribution is 7.99. The Kier molecular flexibility index (Phi) is 7.63. The third-order valence-electron chi connectivity index (χ3n) is 4.49. The summed E-state index contributed by atoms with van der Waals surface area (Å²) in [7, 11) is 1.66. The molecular formula is C19H28N2O4S. The summed E-state index contributed by atoms with van der Waals surface area (Å²) in [5, 5.41) is 12.2. The quantitative estimate of drug-likeness (QED) is 0.711. The number of amides is 2. The summed E-state index contributed by atoms with van der Waals surface area (Å²) in [6.45, 7) is 5.53. The largest absolute Gasteiger partial charge is 0.496 e. The van der Waals surface area contributed by atoms with E-state index in [-0.39, 0.29) is 24.4 Å². The van der Waals surface area contributed by atoms with Gasteiger partial charge in [-0.05, 0) is 30.4 Å². The van der Waals surface area contributed by atoms with Crippen LogP contribution in [0.4, 0.5) is 4.79 Å². The molecule has 6 nitrogen and oxygen atoms in total. The van der Waals surface area contributed by atoms with Crippen LogP contribution in [0.5, 0.6) is 5.75 Å².